The van der Waals surface area contributed by atoms with Crippen LogP contribution in [-0.2, 0) is 0 Å². The van der Waals surface area contributed by atoms with Gasteiger partial charge in [-0.2, -0.15) is 0 Å². The molecule has 4 rings (SSSR count). The first-order valence-electron chi connectivity index (χ1n) is 8.12. The normalized spacial score (nSPS) is 15.5. The zero-order valence-corrected chi connectivity index (χ0v) is 14.8. The van der Waals surface area contributed by atoms with E-state index in [1.807, 2.05) is 24.3 Å². The van der Waals surface area contributed by atoms with Gasteiger partial charge in [0, 0.05) is 12.4 Å². The minimum absolute atomic E-state index is 0.190. The monoisotopic (exact) mass is 368 g/mol. The summed E-state index contributed by atoms with van der Waals surface area (Å²) < 4.78 is 11.5. The smallest absolute Gasteiger partial charge is 0.263 e. The number of amides is 1. The molecule has 1 aliphatic heterocycles. The summed E-state index contributed by atoms with van der Waals surface area (Å²) in [5.41, 5.74) is 0.654. The zero-order chi connectivity index (χ0) is 17.9. The largest absolute Gasteiger partial charge is 0.486 e. The molecule has 3 heterocycles. The van der Waals surface area contributed by atoms with E-state index in [0.717, 1.165) is 5.75 Å². The van der Waals surface area contributed by atoms with E-state index in [2.05, 4.69) is 20.3 Å². The van der Waals surface area contributed by atoms with Crippen molar-refractivity contribution in [2.24, 2.45) is 0 Å². The van der Waals surface area contributed by atoms with Gasteiger partial charge in [-0.1, -0.05) is 12.1 Å². The Morgan fingerprint density at radius 2 is 2.00 bits per heavy atom. The first-order chi connectivity index (χ1) is 12.7. The number of benzene rings is 1. The van der Waals surface area contributed by atoms with Crippen LogP contribution >= 0.6 is 11.3 Å². The fourth-order valence-corrected chi connectivity index (χ4v) is 3.49. The van der Waals surface area contributed by atoms with E-state index in [1.54, 1.807) is 25.4 Å². The number of aryl methyl sites for hydroxylation is 1. The number of aromatic nitrogens is 3. The molecular weight excluding hydrogens is 352 g/mol. The Morgan fingerprint density at radius 3 is 2.81 bits per heavy atom. The number of nitrogens with zero attached hydrogens (tertiary/aromatic N) is 3. The van der Waals surface area contributed by atoms with E-state index in [0.29, 0.717) is 40.3 Å². The van der Waals surface area contributed by atoms with Crippen LogP contribution in [0.2, 0.25) is 0 Å². The second-order valence-corrected chi connectivity index (χ2v) is 6.71. The van der Waals surface area contributed by atoms with Gasteiger partial charge in [-0.25, -0.2) is 15.0 Å². The van der Waals surface area contributed by atoms with Gasteiger partial charge in [-0.15, -0.1) is 11.3 Å². The van der Waals surface area contributed by atoms with Crippen molar-refractivity contribution in [1.82, 2.24) is 20.3 Å². The van der Waals surface area contributed by atoms with Crippen molar-refractivity contribution >= 4 is 17.2 Å². The van der Waals surface area contributed by atoms with Crippen molar-refractivity contribution in [2.75, 3.05) is 13.2 Å². The van der Waals surface area contributed by atoms with Crippen LogP contribution in [-0.4, -0.2) is 40.1 Å². The fraction of sp³-hybridized carbons (Fsp3) is 0.222. The Morgan fingerprint density at radius 1 is 1.23 bits per heavy atom. The van der Waals surface area contributed by atoms with Gasteiger partial charge >= 0.3 is 0 Å². The maximum Gasteiger partial charge on any atom is 0.263 e. The van der Waals surface area contributed by atoms with E-state index in [1.165, 1.54) is 11.3 Å². The van der Waals surface area contributed by atoms with Gasteiger partial charge in [0.1, 0.15) is 17.6 Å². The third-order valence-corrected chi connectivity index (χ3v) is 4.97. The number of fused-ring (bicyclic) bond motifs is 1. The Bertz CT molecular complexity index is 929. The average Bonchev–Trinajstić information content (AvgIpc) is 3.08. The van der Waals surface area contributed by atoms with Gasteiger partial charge in [0.2, 0.25) is 0 Å². The Balaban J connectivity index is 1.41. The summed E-state index contributed by atoms with van der Waals surface area (Å²) in [6.07, 6.45) is 3.06. The van der Waals surface area contributed by atoms with Crippen molar-refractivity contribution in [1.29, 1.82) is 0 Å². The summed E-state index contributed by atoms with van der Waals surface area (Å²) in [5, 5.41) is 3.52. The number of hydrogen-bond donors (Lipinski definition) is 1. The summed E-state index contributed by atoms with van der Waals surface area (Å²) in [6.45, 7) is 2.54. The highest BCUT2D eigenvalue weighted by atomic mass is 32.1. The average molecular weight is 368 g/mol. The first kappa shape index (κ1) is 16.5. The molecule has 1 aliphatic rings. The molecule has 132 valence electrons. The number of thiazole rings is 1. The maximum absolute atomic E-state index is 12.5. The molecule has 1 aromatic carbocycles. The van der Waals surface area contributed by atoms with Crippen LogP contribution in [0.4, 0.5) is 0 Å². The summed E-state index contributed by atoms with van der Waals surface area (Å²) in [7, 11) is 0. The van der Waals surface area contributed by atoms with E-state index < -0.39 is 0 Å². The predicted octanol–water partition coefficient (Wildman–Crippen LogP) is 2.48. The third kappa shape index (κ3) is 3.36. The summed E-state index contributed by atoms with van der Waals surface area (Å²) >= 11 is 1.28. The molecule has 0 spiro atoms. The van der Waals surface area contributed by atoms with Crippen LogP contribution in [0.15, 0.2) is 42.7 Å². The Hall–Kier alpha value is -3.00. The van der Waals surface area contributed by atoms with Gasteiger partial charge in [-0.05, 0) is 25.1 Å². The number of carbonyl (C=O) groups is 1. The molecule has 7 nitrogen and oxygen atoms in total. The number of ether oxygens (including phenoxy) is 2. The summed E-state index contributed by atoms with van der Waals surface area (Å²) in [4.78, 5) is 25.8. The Kier molecular flexibility index (Phi) is 4.49. The highest BCUT2D eigenvalue weighted by molar-refractivity contribution is 7.17. The van der Waals surface area contributed by atoms with Crippen LogP contribution < -0.4 is 14.8 Å². The minimum atomic E-state index is -0.237. The van der Waals surface area contributed by atoms with Crippen molar-refractivity contribution in [3.05, 3.63) is 53.3 Å². The molecule has 0 bridgehead atoms. The van der Waals surface area contributed by atoms with Crippen LogP contribution in [0, 0.1) is 6.92 Å². The molecule has 0 saturated carbocycles. The number of para-hydroxylation sites is 2. The van der Waals surface area contributed by atoms with Gasteiger partial charge < -0.3 is 14.8 Å². The van der Waals surface area contributed by atoms with Crippen LogP contribution in [0.1, 0.15) is 15.4 Å². The second kappa shape index (κ2) is 7.09. The lowest BCUT2D eigenvalue weighted by Crippen LogP contribution is -2.40. The predicted molar refractivity (Wildman–Crippen MR) is 96.6 cm³/mol. The zero-order valence-electron chi connectivity index (χ0n) is 14.0. The number of nitrogens with one attached hydrogen (secondary N) is 1. The quantitative estimate of drug-likeness (QED) is 0.761. The number of carbonyl (C=O) groups excluding carboxylic acids is 1. The molecule has 1 atom stereocenters. The maximum atomic E-state index is 12.5. The van der Waals surface area contributed by atoms with Gasteiger partial charge in [-0.3, -0.25) is 4.79 Å². The Labute approximate surface area is 154 Å². The van der Waals surface area contributed by atoms with Crippen molar-refractivity contribution in [3.63, 3.8) is 0 Å². The highest BCUT2D eigenvalue weighted by Crippen LogP contribution is 2.30. The molecule has 0 saturated heterocycles. The first-order valence-corrected chi connectivity index (χ1v) is 8.94. The lowest BCUT2D eigenvalue weighted by Gasteiger charge is -2.26. The van der Waals surface area contributed by atoms with Crippen molar-refractivity contribution in [2.45, 2.75) is 13.0 Å². The molecule has 26 heavy (non-hydrogen) atoms. The van der Waals surface area contributed by atoms with Gasteiger partial charge in [0.15, 0.2) is 22.3 Å². The van der Waals surface area contributed by atoms with Crippen LogP contribution in [0.5, 0.6) is 11.5 Å². The molecule has 0 aliphatic carbocycles. The van der Waals surface area contributed by atoms with Gasteiger partial charge in [0.05, 0.1) is 12.2 Å². The topological polar surface area (TPSA) is 86.2 Å². The molecule has 1 unspecified atom stereocenters. The second-order valence-electron chi connectivity index (χ2n) is 5.71. The summed E-state index contributed by atoms with van der Waals surface area (Å²) in [6, 6.07) is 9.23. The molecule has 0 radical (unpaired) electrons. The molecule has 8 heteroatoms. The minimum Gasteiger partial charge on any atom is -0.486 e. The molecule has 1 amide bonds. The number of hydrogen-bond acceptors (Lipinski definition) is 7. The highest BCUT2D eigenvalue weighted by Gasteiger charge is 2.23. The van der Waals surface area contributed by atoms with E-state index in [9.17, 15) is 4.79 Å². The molecule has 3 aromatic rings. The van der Waals surface area contributed by atoms with Crippen molar-refractivity contribution in [3.8, 4) is 22.3 Å². The fourth-order valence-electron chi connectivity index (χ4n) is 2.56. The SMILES string of the molecule is Cc1nc(-c2ncccn2)sc1C(=O)NCC1COc2ccccc2O1. The van der Waals surface area contributed by atoms with Crippen molar-refractivity contribution < 1.29 is 14.3 Å². The molecule has 2 aromatic heterocycles. The standard InChI is InChI=1S/C18H16N4O3S/c1-11-15(26-18(22-11)16-19-7-4-8-20-16)17(23)21-9-12-10-24-13-5-2-3-6-14(13)25-12/h2-8,12H,9-10H2,1H3,(H,21,23). The van der Waals surface area contributed by atoms with Gasteiger partial charge in [0.25, 0.3) is 5.91 Å². The molecule has 1 N–H and O–H groups in total. The van der Waals surface area contributed by atoms with E-state index in [4.69, 9.17) is 9.47 Å². The van der Waals surface area contributed by atoms with Crippen LogP contribution in [0.3, 0.4) is 0 Å². The molecule has 0 fully saturated rings. The third-order valence-electron chi connectivity index (χ3n) is 3.82. The number of rotatable bonds is 4. The lowest BCUT2D eigenvalue weighted by molar-refractivity contribution is 0.0791. The lowest BCUT2D eigenvalue weighted by atomic mass is 10.2. The molecular formula is C18H16N4O3S. The summed E-state index contributed by atoms with van der Waals surface area (Å²) in [5.74, 6) is 1.74. The van der Waals surface area contributed by atoms with Crippen LogP contribution in [0.25, 0.3) is 10.8 Å². The van der Waals surface area contributed by atoms with E-state index in [-0.39, 0.29) is 12.0 Å². The van der Waals surface area contributed by atoms with E-state index >= 15 is 0 Å².